The van der Waals surface area contributed by atoms with Gasteiger partial charge in [-0.05, 0) is 18.4 Å². The standard InChI is InChI=1S/C16H22N4/c1-3-14-15-13(16(17)18-19(15)2)9-10-20(14)11-12-7-5-4-6-8-12/h4-8,14H,3,9-11H2,1-2H3,(H2,17,18). The number of anilines is 1. The maximum Gasteiger partial charge on any atom is 0.149 e. The first-order valence-corrected chi connectivity index (χ1v) is 7.30. The molecule has 1 atom stereocenters. The number of aryl methyl sites for hydroxylation is 1. The Labute approximate surface area is 120 Å². The quantitative estimate of drug-likeness (QED) is 0.932. The maximum atomic E-state index is 6.03. The number of rotatable bonds is 3. The molecule has 2 heterocycles. The van der Waals surface area contributed by atoms with Crippen LogP contribution >= 0.6 is 0 Å². The number of nitrogen functional groups attached to an aromatic ring is 1. The number of nitrogens with zero attached hydrogens (tertiary/aromatic N) is 3. The Kier molecular flexibility index (Phi) is 3.49. The van der Waals surface area contributed by atoms with E-state index in [-0.39, 0.29) is 0 Å². The molecule has 1 aliphatic heterocycles. The molecule has 0 saturated carbocycles. The highest BCUT2D eigenvalue weighted by molar-refractivity contribution is 5.45. The number of aromatic nitrogens is 2. The predicted octanol–water partition coefficient (Wildman–Crippen LogP) is 2.51. The minimum atomic E-state index is 0.411. The van der Waals surface area contributed by atoms with Crippen LogP contribution in [0.4, 0.5) is 5.82 Å². The van der Waals surface area contributed by atoms with Crippen molar-refractivity contribution >= 4 is 5.82 Å². The fourth-order valence-corrected chi connectivity index (χ4v) is 3.32. The fraction of sp³-hybridized carbons (Fsp3) is 0.438. The van der Waals surface area contributed by atoms with Crippen molar-refractivity contribution in [2.75, 3.05) is 12.3 Å². The molecule has 1 aromatic carbocycles. The van der Waals surface area contributed by atoms with E-state index in [4.69, 9.17) is 5.73 Å². The van der Waals surface area contributed by atoms with Gasteiger partial charge in [0.15, 0.2) is 0 Å². The van der Waals surface area contributed by atoms with Crippen molar-refractivity contribution in [2.45, 2.75) is 32.4 Å². The van der Waals surface area contributed by atoms with Gasteiger partial charge in [-0.3, -0.25) is 9.58 Å². The summed E-state index contributed by atoms with van der Waals surface area (Å²) in [6, 6.07) is 11.1. The van der Waals surface area contributed by atoms with Crippen LogP contribution in [0.25, 0.3) is 0 Å². The van der Waals surface area contributed by atoms with E-state index >= 15 is 0 Å². The molecule has 1 unspecified atom stereocenters. The largest absolute Gasteiger partial charge is 0.382 e. The summed E-state index contributed by atoms with van der Waals surface area (Å²) in [7, 11) is 2.00. The number of hydrogen-bond acceptors (Lipinski definition) is 3. The molecule has 1 aliphatic rings. The predicted molar refractivity (Wildman–Crippen MR) is 81.2 cm³/mol. The second-order valence-electron chi connectivity index (χ2n) is 5.50. The van der Waals surface area contributed by atoms with Crippen LogP contribution < -0.4 is 5.73 Å². The Balaban J connectivity index is 1.89. The minimum Gasteiger partial charge on any atom is -0.382 e. The molecule has 2 aromatic rings. The third-order valence-electron chi connectivity index (χ3n) is 4.25. The summed E-state index contributed by atoms with van der Waals surface area (Å²) in [5, 5.41) is 4.40. The van der Waals surface area contributed by atoms with Gasteiger partial charge in [-0.25, -0.2) is 0 Å². The van der Waals surface area contributed by atoms with Gasteiger partial charge in [-0.15, -0.1) is 0 Å². The lowest BCUT2D eigenvalue weighted by molar-refractivity contribution is 0.164. The van der Waals surface area contributed by atoms with Gasteiger partial charge in [0.1, 0.15) is 5.82 Å². The lowest BCUT2D eigenvalue weighted by atomic mass is 9.96. The Bertz CT molecular complexity index is 588. The van der Waals surface area contributed by atoms with Crippen molar-refractivity contribution < 1.29 is 0 Å². The summed E-state index contributed by atoms with van der Waals surface area (Å²) in [6.07, 6.45) is 2.08. The molecular weight excluding hydrogens is 248 g/mol. The number of hydrogen-bond donors (Lipinski definition) is 1. The van der Waals surface area contributed by atoms with Crippen molar-refractivity contribution in [2.24, 2.45) is 7.05 Å². The summed E-state index contributed by atoms with van der Waals surface area (Å²) in [4.78, 5) is 2.54. The van der Waals surface area contributed by atoms with Crippen molar-refractivity contribution in [3.8, 4) is 0 Å². The molecule has 0 fully saturated rings. The van der Waals surface area contributed by atoms with Gasteiger partial charge >= 0.3 is 0 Å². The van der Waals surface area contributed by atoms with Gasteiger partial charge in [0, 0.05) is 25.7 Å². The monoisotopic (exact) mass is 270 g/mol. The lowest BCUT2D eigenvalue weighted by Gasteiger charge is -2.35. The van der Waals surface area contributed by atoms with Gasteiger partial charge in [0.2, 0.25) is 0 Å². The zero-order chi connectivity index (χ0) is 14.1. The highest BCUT2D eigenvalue weighted by atomic mass is 15.3. The molecule has 0 aliphatic carbocycles. The third kappa shape index (κ3) is 2.20. The van der Waals surface area contributed by atoms with Gasteiger partial charge in [-0.1, -0.05) is 37.3 Å². The van der Waals surface area contributed by atoms with Crippen LogP contribution in [-0.4, -0.2) is 21.2 Å². The molecule has 20 heavy (non-hydrogen) atoms. The van der Waals surface area contributed by atoms with Crippen LogP contribution in [-0.2, 0) is 20.0 Å². The molecular formula is C16H22N4. The molecule has 4 heteroatoms. The molecule has 0 amide bonds. The molecule has 2 N–H and O–H groups in total. The first-order chi connectivity index (χ1) is 9.70. The van der Waals surface area contributed by atoms with Gasteiger partial charge in [0.05, 0.1) is 11.7 Å². The van der Waals surface area contributed by atoms with Crippen molar-refractivity contribution in [3.63, 3.8) is 0 Å². The second kappa shape index (κ2) is 5.29. The third-order valence-corrected chi connectivity index (χ3v) is 4.25. The van der Waals surface area contributed by atoms with Crippen LogP contribution in [0.3, 0.4) is 0 Å². The Morgan fingerprint density at radius 2 is 2.05 bits per heavy atom. The Morgan fingerprint density at radius 3 is 2.75 bits per heavy atom. The van der Waals surface area contributed by atoms with Crippen LogP contribution in [0.2, 0.25) is 0 Å². The van der Waals surface area contributed by atoms with Crippen molar-refractivity contribution in [1.82, 2.24) is 14.7 Å². The summed E-state index contributed by atoms with van der Waals surface area (Å²) < 4.78 is 1.97. The fourth-order valence-electron chi connectivity index (χ4n) is 3.32. The summed E-state index contributed by atoms with van der Waals surface area (Å²) in [5.74, 6) is 0.709. The zero-order valence-corrected chi connectivity index (χ0v) is 12.2. The summed E-state index contributed by atoms with van der Waals surface area (Å²) in [5.41, 5.74) is 9.94. The van der Waals surface area contributed by atoms with Crippen molar-refractivity contribution in [1.29, 1.82) is 0 Å². The first kappa shape index (κ1) is 13.2. The van der Waals surface area contributed by atoms with Crippen LogP contribution in [0.5, 0.6) is 0 Å². The van der Waals surface area contributed by atoms with Gasteiger partial charge in [0.25, 0.3) is 0 Å². The van der Waals surface area contributed by atoms with Crippen LogP contribution in [0, 0.1) is 0 Å². The normalized spacial score (nSPS) is 19.0. The average molecular weight is 270 g/mol. The summed E-state index contributed by atoms with van der Waals surface area (Å²) in [6.45, 7) is 4.28. The molecule has 0 bridgehead atoms. The molecule has 106 valence electrons. The second-order valence-corrected chi connectivity index (χ2v) is 5.50. The van der Waals surface area contributed by atoms with E-state index in [1.165, 1.54) is 16.8 Å². The zero-order valence-electron chi connectivity index (χ0n) is 12.2. The van der Waals surface area contributed by atoms with E-state index in [1.807, 2.05) is 11.7 Å². The molecule has 0 radical (unpaired) electrons. The lowest BCUT2D eigenvalue weighted by Crippen LogP contribution is -2.35. The number of fused-ring (bicyclic) bond motifs is 1. The average Bonchev–Trinajstić information content (AvgIpc) is 2.75. The van der Waals surface area contributed by atoms with E-state index in [0.717, 1.165) is 25.9 Å². The highest BCUT2D eigenvalue weighted by Crippen LogP contribution is 2.35. The molecule has 0 saturated heterocycles. The van der Waals surface area contributed by atoms with Crippen LogP contribution in [0.15, 0.2) is 30.3 Å². The van der Waals surface area contributed by atoms with Crippen LogP contribution in [0.1, 0.15) is 36.2 Å². The van der Waals surface area contributed by atoms with E-state index in [0.29, 0.717) is 11.9 Å². The summed E-state index contributed by atoms with van der Waals surface area (Å²) >= 11 is 0. The molecule has 3 rings (SSSR count). The van der Waals surface area contributed by atoms with E-state index in [9.17, 15) is 0 Å². The smallest absolute Gasteiger partial charge is 0.149 e. The molecule has 1 aromatic heterocycles. The van der Waals surface area contributed by atoms with Crippen molar-refractivity contribution in [3.05, 3.63) is 47.2 Å². The number of benzene rings is 1. The minimum absolute atomic E-state index is 0.411. The first-order valence-electron chi connectivity index (χ1n) is 7.30. The maximum absolute atomic E-state index is 6.03. The van der Waals surface area contributed by atoms with Gasteiger partial charge < -0.3 is 5.73 Å². The highest BCUT2D eigenvalue weighted by Gasteiger charge is 2.30. The van der Waals surface area contributed by atoms with Gasteiger partial charge in [-0.2, -0.15) is 5.10 Å². The topological polar surface area (TPSA) is 47.1 Å². The Hall–Kier alpha value is -1.81. The Morgan fingerprint density at radius 1 is 1.30 bits per heavy atom. The van der Waals surface area contributed by atoms with E-state index in [1.54, 1.807) is 0 Å². The SMILES string of the molecule is CCC1c2c(c(N)nn2C)CCN1Cc1ccccc1. The van der Waals surface area contributed by atoms with E-state index < -0.39 is 0 Å². The van der Waals surface area contributed by atoms with E-state index in [2.05, 4.69) is 47.3 Å². The molecule has 0 spiro atoms. The molecule has 4 nitrogen and oxygen atoms in total. The number of nitrogens with two attached hydrogens (primary N) is 1.